The molecule has 7 nitrogen and oxygen atoms in total. The Morgan fingerprint density at radius 3 is 2.83 bits per heavy atom. The Kier molecular flexibility index (Phi) is 2.49. The van der Waals surface area contributed by atoms with Crippen molar-refractivity contribution in [3.63, 3.8) is 0 Å². The van der Waals surface area contributed by atoms with Gasteiger partial charge in [-0.1, -0.05) is 30.3 Å². The van der Waals surface area contributed by atoms with Crippen molar-refractivity contribution in [2.24, 2.45) is 0 Å². The van der Waals surface area contributed by atoms with E-state index in [1.807, 2.05) is 30.3 Å². The second-order valence-electron chi connectivity index (χ2n) is 3.72. The quantitative estimate of drug-likeness (QED) is 0.701. The third-order valence-electron chi connectivity index (χ3n) is 2.46. The number of hydrogen-bond donors (Lipinski definition) is 2. The van der Waals surface area contributed by atoms with Crippen molar-refractivity contribution in [3.05, 3.63) is 42.2 Å². The molecule has 0 aliphatic carbocycles. The van der Waals surface area contributed by atoms with Crippen molar-refractivity contribution in [1.29, 1.82) is 0 Å². The molecule has 0 aliphatic heterocycles. The molecule has 0 fully saturated rings. The molecular formula is C11H11N7. The highest BCUT2D eigenvalue weighted by molar-refractivity contribution is 5.42. The van der Waals surface area contributed by atoms with Gasteiger partial charge in [0.2, 0.25) is 11.9 Å². The number of nitrogens with zero attached hydrogens (tertiary/aromatic N) is 5. The zero-order chi connectivity index (χ0) is 12.4. The van der Waals surface area contributed by atoms with Crippen molar-refractivity contribution in [2.75, 3.05) is 11.1 Å². The van der Waals surface area contributed by atoms with Gasteiger partial charge < -0.3 is 11.1 Å². The number of benzene rings is 1. The van der Waals surface area contributed by atoms with Crippen LogP contribution in [0.5, 0.6) is 0 Å². The van der Waals surface area contributed by atoms with Gasteiger partial charge >= 0.3 is 0 Å². The molecule has 0 saturated heterocycles. The predicted octanol–water partition coefficient (Wildman–Crippen LogP) is 0.714. The summed E-state index contributed by atoms with van der Waals surface area (Å²) in [5, 5.41) is 7.19. The Hall–Kier alpha value is -2.70. The van der Waals surface area contributed by atoms with Crippen LogP contribution in [-0.4, -0.2) is 24.6 Å². The highest BCUT2D eigenvalue weighted by Gasteiger charge is 2.06. The first-order valence-corrected chi connectivity index (χ1v) is 5.44. The topological polar surface area (TPSA) is 94.0 Å². The summed E-state index contributed by atoms with van der Waals surface area (Å²) in [4.78, 5) is 12.0. The van der Waals surface area contributed by atoms with Gasteiger partial charge in [0.05, 0.1) is 0 Å². The molecule has 2 aromatic heterocycles. The fraction of sp³-hybridized carbons (Fsp3) is 0.0909. The van der Waals surface area contributed by atoms with Crippen LogP contribution in [0.15, 0.2) is 36.7 Å². The van der Waals surface area contributed by atoms with E-state index in [-0.39, 0.29) is 5.95 Å². The van der Waals surface area contributed by atoms with Gasteiger partial charge in [0.25, 0.3) is 5.78 Å². The van der Waals surface area contributed by atoms with Gasteiger partial charge in [0.15, 0.2) is 0 Å². The second kappa shape index (κ2) is 4.28. The van der Waals surface area contributed by atoms with Crippen LogP contribution in [0, 0.1) is 0 Å². The van der Waals surface area contributed by atoms with Gasteiger partial charge in [-0.15, -0.1) is 0 Å². The van der Waals surface area contributed by atoms with Gasteiger partial charge in [0, 0.05) is 6.54 Å². The Morgan fingerprint density at radius 2 is 2.00 bits per heavy atom. The Labute approximate surface area is 103 Å². The minimum absolute atomic E-state index is 0.172. The smallest absolute Gasteiger partial charge is 0.258 e. The molecule has 0 unspecified atom stereocenters. The lowest BCUT2D eigenvalue weighted by Crippen LogP contribution is -2.10. The molecule has 1 aromatic carbocycles. The minimum Gasteiger partial charge on any atom is -0.368 e. The number of nitrogen functional groups attached to an aromatic ring is 1. The lowest BCUT2D eigenvalue weighted by molar-refractivity contribution is 0.885. The molecule has 3 N–H and O–H groups in total. The summed E-state index contributed by atoms with van der Waals surface area (Å²) in [6, 6.07) is 9.99. The molecule has 0 radical (unpaired) electrons. The van der Waals surface area contributed by atoms with Gasteiger partial charge in [-0.2, -0.15) is 24.6 Å². The van der Waals surface area contributed by atoms with Crippen molar-refractivity contribution < 1.29 is 0 Å². The molecule has 0 spiro atoms. The number of rotatable bonds is 3. The Bertz CT molecular complexity index is 661. The van der Waals surface area contributed by atoms with E-state index in [0.717, 1.165) is 5.56 Å². The molecule has 0 bridgehead atoms. The first-order valence-electron chi connectivity index (χ1n) is 5.44. The molecule has 90 valence electrons. The average molecular weight is 241 g/mol. The zero-order valence-electron chi connectivity index (χ0n) is 9.48. The van der Waals surface area contributed by atoms with Gasteiger partial charge in [-0.05, 0) is 5.56 Å². The molecule has 3 aromatic rings. The Balaban J connectivity index is 1.88. The zero-order valence-corrected chi connectivity index (χ0v) is 9.48. The van der Waals surface area contributed by atoms with Crippen molar-refractivity contribution in [3.8, 4) is 0 Å². The number of nitrogens with one attached hydrogen (secondary N) is 1. The lowest BCUT2D eigenvalue weighted by atomic mass is 10.2. The van der Waals surface area contributed by atoms with E-state index in [9.17, 15) is 0 Å². The Morgan fingerprint density at radius 1 is 1.17 bits per heavy atom. The van der Waals surface area contributed by atoms with Crippen molar-refractivity contribution in [2.45, 2.75) is 6.54 Å². The number of fused-ring (bicyclic) bond motifs is 1. The molecule has 7 heteroatoms. The van der Waals surface area contributed by atoms with Gasteiger partial charge in [0.1, 0.15) is 6.33 Å². The molecule has 0 aliphatic rings. The van der Waals surface area contributed by atoms with E-state index >= 15 is 0 Å². The van der Waals surface area contributed by atoms with Crippen LogP contribution in [0.1, 0.15) is 5.56 Å². The number of hydrogen-bond acceptors (Lipinski definition) is 6. The van der Waals surface area contributed by atoms with Crippen LogP contribution in [0.4, 0.5) is 11.9 Å². The molecule has 18 heavy (non-hydrogen) atoms. The first-order chi connectivity index (χ1) is 8.83. The van der Waals surface area contributed by atoms with E-state index < -0.39 is 0 Å². The van der Waals surface area contributed by atoms with Crippen molar-refractivity contribution >= 4 is 17.7 Å². The normalized spacial score (nSPS) is 10.7. The van der Waals surface area contributed by atoms with Crippen LogP contribution in [0.25, 0.3) is 5.78 Å². The number of aromatic nitrogens is 5. The first kappa shape index (κ1) is 10.5. The van der Waals surface area contributed by atoms with Gasteiger partial charge in [-0.3, -0.25) is 0 Å². The molecule has 0 atom stereocenters. The number of anilines is 2. The second-order valence-corrected chi connectivity index (χ2v) is 3.72. The third-order valence-corrected chi connectivity index (χ3v) is 2.46. The van der Waals surface area contributed by atoms with E-state index in [2.05, 4.69) is 25.4 Å². The maximum atomic E-state index is 5.61. The van der Waals surface area contributed by atoms with Gasteiger partial charge in [-0.25, -0.2) is 0 Å². The SMILES string of the molecule is Nc1nc(NCc2ccccc2)n2ncnc2n1. The summed E-state index contributed by atoms with van der Waals surface area (Å²) < 4.78 is 1.51. The molecule has 3 rings (SSSR count). The lowest BCUT2D eigenvalue weighted by Gasteiger charge is -2.06. The minimum atomic E-state index is 0.172. The van der Waals surface area contributed by atoms with E-state index in [1.165, 1.54) is 10.8 Å². The summed E-state index contributed by atoms with van der Waals surface area (Å²) in [6.45, 7) is 0.631. The fourth-order valence-electron chi connectivity index (χ4n) is 1.64. The van der Waals surface area contributed by atoms with Crippen LogP contribution in [-0.2, 0) is 6.54 Å². The number of nitrogens with two attached hydrogens (primary N) is 1. The van der Waals surface area contributed by atoms with E-state index in [0.29, 0.717) is 18.3 Å². The van der Waals surface area contributed by atoms with Crippen LogP contribution in [0.3, 0.4) is 0 Å². The van der Waals surface area contributed by atoms with E-state index in [1.54, 1.807) is 0 Å². The van der Waals surface area contributed by atoms with Crippen LogP contribution >= 0.6 is 0 Å². The highest BCUT2D eigenvalue weighted by atomic mass is 15.4. The van der Waals surface area contributed by atoms with Crippen LogP contribution < -0.4 is 11.1 Å². The summed E-state index contributed by atoms with van der Waals surface area (Å²) in [5.74, 6) is 1.13. The predicted molar refractivity (Wildman–Crippen MR) is 66.8 cm³/mol. The largest absolute Gasteiger partial charge is 0.368 e. The molecule has 0 amide bonds. The molecular weight excluding hydrogens is 230 g/mol. The summed E-state index contributed by atoms with van der Waals surface area (Å²) in [7, 11) is 0. The maximum absolute atomic E-state index is 5.61. The average Bonchev–Trinajstić information content (AvgIpc) is 2.85. The van der Waals surface area contributed by atoms with Crippen LogP contribution in [0.2, 0.25) is 0 Å². The summed E-state index contributed by atoms with van der Waals surface area (Å²) in [6.07, 6.45) is 1.41. The highest BCUT2D eigenvalue weighted by Crippen LogP contribution is 2.08. The monoisotopic (exact) mass is 241 g/mol. The van der Waals surface area contributed by atoms with E-state index in [4.69, 9.17) is 5.73 Å². The summed E-state index contributed by atoms with van der Waals surface area (Å²) >= 11 is 0. The fourth-order valence-corrected chi connectivity index (χ4v) is 1.64. The third kappa shape index (κ3) is 1.93. The maximum Gasteiger partial charge on any atom is 0.258 e. The van der Waals surface area contributed by atoms with Crippen molar-refractivity contribution in [1.82, 2.24) is 24.6 Å². The summed E-state index contributed by atoms with van der Waals surface area (Å²) in [5.41, 5.74) is 6.75. The standard InChI is InChI=1S/C11H11N7/c12-9-16-10(18-11(17-9)14-7-15-18)13-6-8-4-2-1-3-5-8/h1-5,7H,6H2,(H3,12,13,14,15,16,17). The molecule has 0 saturated carbocycles. The molecule has 2 heterocycles.